The maximum Gasteiger partial charge on any atom is 0.488 e. The third kappa shape index (κ3) is 40.2. The highest BCUT2D eigenvalue weighted by Gasteiger charge is 2.24. The predicted octanol–water partition coefficient (Wildman–Crippen LogP) is 26.5. The summed E-state index contributed by atoms with van der Waals surface area (Å²) in [7, 11) is -1.46. The summed E-state index contributed by atoms with van der Waals surface area (Å²) in [5.74, 6) is 0.347. The molecule has 0 saturated carbocycles. The number of aryl methyl sites for hydroxylation is 5. The molecule has 15 nitrogen and oxygen atoms in total. The third-order valence-electron chi connectivity index (χ3n) is 16.0. The molecule has 0 aliphatic carbocycles. The SMILES string of the molecule is C.C.C.C.C.C.CC(C)(C#N)c1cc(Br)cc(CBr)c1.CC(C)(C#N)c1cc(Br)cc(Cn2cncn2)c1.CC(C)(C#N)c1cc(Cn2cncn2)cc(-c2ccc(O)cc2)c1.Cc1cc(Br)cc(C(C)(C)C#N)c1.Cc1cc(Br)cc(CBr)c1.Cc1cc(Br)cc(CC#N)c1.Cc1cc(C)cc(Br)c1.OB(O)c1ccc(O)cc1. The fourth-order valence-electron chi connectivity index (χ4n) is 9.97. The van der Waals surface area contributed by atoms with Crippen LogP contribution in [-0.4, -0.2) is 56.9 Å². The molecule has 0 unspecified atom stereocenters. The predicted molar refractivity (Wildman–Crippen MR) is 508 cm³/mol. The number of hydrogen-bond donors (Lipinski definition) is 4. The lowest BCUT2D eigenvalue weighted by Crippen LogP contribution is -2.29. The molecule has 9 aromatic carbocycles. The van der Waals surface area contributed by atoms with E-state index in [2.05, 4.69) is 247 Å². The molecule has 0 saturated heterocycles. The molecule has 0 atom stereocenters. The first-order chi connectivity index (χ1) is 51.2. The highest BCUT2D eigenvalue weighted by Crippen LogP contribution is 2.33. The molecular formula is C91H110BBr8N11O4. The standard InChI is InChI=1S/C19H18N4O.C13H13BrN4.C11H11Br2N.C11H12BrN.C9H8BrN.C8H8Br2.C8H9Br.C6H7BO3.6CH4/c1-19(2,11-20)17-8-14(10-23-13-21-12-22-23)7-16(9-17)15-3-5-18(24)6-4-15;1-13(2,7-15)11-3-10(4-12(14)5-11)6-18-9-16-8-17-18;1-11(2,7-14)9-3-8(6-12)4-10(13)5-9;1-8-4-9(6-10(12)5-8)11(2,3)7-13;1-7-4-8(2-3-11)6-9(10)5-7;1-6-2-7(5-9)4-8(10)3-6;1-6-3-7(2)5-8(9)4-6;8-6-3-1-5(2-4-6)7(9)10;;;;;;/h3-9,12-13,24H,10H2,1-2H3;3-5,8-9H,6H2,1-2H3;3-5H,6H2,1-2H3;4-6H,1-3H3;4-6H,2H2,1H3;2-4H,5H2,1H3;3-5H,1-2H3;1-4,8-10H;6*1H4. The van der Waals surface area contributed by atoms with Crippen LogP contribution in [0.4, 0.5) is 0 Å². The summed E-state index contributed by atoms with van der Waals surface area (Å²) in [5.41, 5.74) is 16.4. The van der Waals surface area contributed by atoms with E-state index in [9.17, 15) is 15.6 Å². The normalized spacial score (nSPS) is 10.0. The van der Waals surface area contributed by atoms with Crippen LogP contribution >= 0.6 is 127 Å². The van der Waals surface area contributed by atoms with Crippen molar-refractivity contribution in [1.29, 1.82) is 26.3 Å². The van der Waals surface area contributed by atoms with Crippen LogP contribution in [0, 0.1) is 91.3 Å². The second kappa shape index (κ2) is 54.2. The molecule has 4 N–H and O–H groups in total. The lowest BCUT2D eigenvalue weighted by Gasteiger charge is -2.19. The number of benzene rings is 9. The fourth-order valence-corrected chi connectivity index (χ4v) is 14.3. The molecule has 11 aromatic rings. The van der Waals surface area contributed by atoms with E-state index < -0.39 is 28.8 Å². The first-order valence-electron chi connectivity index (χ1n) is 33.8. The van der Waals surface area contributed by atoms with Gasteiger partial charge in [0.1, 0.15) is 36.8 Å². The average Bonchev–Trinajstić information content (AvgIpc) is 1.33. The summed E-state index contributed by atoms with van der Waals surface area (Å²) in [6.07, 6.45) is 6.85. The first-order valence-corrected chi connectivity index (χ1v) is 40.8. The van der Waals surface area contributed by atoms with E-state index in [1.165, 1.54) is 80.3 Å². The minimum Gasteiger partial charge on any atom is -0.508 e. The highest BCUT2D eigenvalue weighted by molar-refractivity contribution is 9.11. The summed E-state index contributed by atoms with van der Waals surface area (Å²) in [5, 5.41) is 90.5. The Hall–Kier alpha value is -7.87. The van der Waals surface area contributed by atoms with Gasteiger partial charge in [0.15, 0.2) is 0 Å². The number of hydrogen-bond acceptors (Lipinski definition) is 13. The number of aromatic hydroxyl groups is 2. The molecule has 2 heterocycles. The number of aromatic nitrogens is 6. The number of halogens is 8. The van der Waals surface area contributed by atoms with E-state index in [1.54, 1.807) is 34.2 Å². The molecule has 24 heteroatoms. The van der Waals surface area contributed by atoms with Crippen molar-refractivity contribution in [2.45, 2.75) is 186 Å². The zero-order valence-electron chi connectivity index (χ0n) is 62.9. The highest BCUT2D eigenvalue weighted by atomic mass is 79.9. The van der Waals surface area contributed by atoms with Crippen LogP contribution in [0.5, 0.6) is 11.5 Å². The van der Waals surface area contributed by atoms with Crippen molar-refractivity contribution in [3.63, 3.8) is 0 Å². The molecule has 0 aliphatic rings. The van der Waals surface area contributed by atoms with Crippen molar-refractivity contribution >= 4 is 140 Å². The van der Waals surface area contributed by atoms with Crippen molar-refractivity contribution in [3.05, 3.63) is 306 Å². The lowest BCUT2D eigenvalue weighted by atomic mass is 9.80. The molecule has 612 valence electrons. The van der Waals surface area contributed by atoms with Crippen molar-refractivity contribution in [3.8, 4) is 53.0 Å². The molecule has 2 aromatic heterocycles. The topological polar surface area (TPSA) is 261 Å². The van der Waals surface area contributed by atoms with Crippen molar-refractivity contribution in [1.82, 2.24) is 29.5 Å². The number of phenols is 2. The second-order valence-corrected chi connectivity index (χ2v) is 34.1. The number of phenolic OH excluding ortho intramolecular Hbond substituents is 2. The van der Waals surface area contributed by atoms with Gasteiger partial charge in [0.25, 0.3) is 0 Å². The van der Waals surface area contributed by atoms with Gasteiger partial charge in [-0.2, -0.15) is 36.5 Å². The molecule has 0 amide bonds. The van der Waals surface area contributed by atoms with Gasteiger partial charge in [-0.1, -0.05) is 239 Å². The summed E-state index contributed by atoms with van der Waals surface area (Å²) < 4.78 is 9.89. The Balaban J connectivity index is -0.00000126. The van der Waals surface area contributed by atoms with Gasteiger partial charge >= 0.3 is 7.12 Å². The Morgan fingerprint density at radius 2 is 0.652 bits per heavy atom. The Labute approximate surface area is 754 Å². The Kier molecular flexibility index (Phi) is 52.4. The number of rotatable bonds is 13. The van der Waals surface area contributed by atoms with Crippen LogP contribution in [0.2, 0.25) is 0 Å². The molecule has 0 fully saturated rings. The number of alkyl halides is 2. The minimum absolute atomic E-state index is 0. The molecule has 0 spiro atoms. The smallest absolute Gasteiger partial charge is 0.488 e. The zero-order chi connectivity index (χ0) is 81.4. The molecule has 115 heavy (non-hydrogen) atoms. The van der Waals surface area contributed by atoms with Crippen LogP contribution in [-0.2, 0) is 51.8 Å². The van der Waals surface area contributed by atoms with Gasteiger partial charge in [-0.05, 0) is 294 Å². The number of nitriles is 5. The molecule has 11 rings (SSSR count). The van der Waals surface area contributed by atoms with Crippen LogP contribution in [0.15, 0.2) is 228 Å². The lowest BCUT2D eigenvalue weighted by molar-refractivity contribution is 0.425. The Morgan fingerprint density at radius 1 is 0.357 bits per heavy atom. The maximum absolute atomic E-state index is 9.49. The van der Waals surface area contributed by atoms with Crippen LogP contribution in [0.3, 0.4) is 0 Å². The van der Waals surface area contributed by atoms with Gasteiger partial charge in [0, 0.05) is 37.5 Å². The van der Waals surface area contributed by atoms with E-state index in [0.29, 0.717) is 25.0 Å². The first kappa shape index (κ1) is 111. The summed E-state index contributed by atoms with van der Waals surface area (Å²) in [6.45, 7) is 26.9. The molecule has 0 aliphatic heterocycles. The average molecular weight is 2070 g/mol. The molecule has 0 radical (unpaired) electrons. The largest absolute Gasteiger partial charge is 0.508 e. The molecular weight excluding hydrogens is 1960 g/mol. The van der Waals surface area contributed by atoms with E-state index in [-0.39, 0.29) is 56.1 Å². The van der Waals surface area contributed by atoms with Gasteiger partial charge in [0.2, 0.25) is 0 Å². The van der Waals surface area contributed by atoms with Gasteiger partial charge in [0.05, 0.1) is 71.5 Å². The van der Waals surface area contributed by atoms with E-state index in [1.807, 2.05) is 160 Å². The maximum atomic E-state index is 9.49. The van der Waals surface area contributed by atoms with Gasteiger partial charge < -0.3 is 20.3 Å². The van der Waals surface area contributed by atoms with Crippen molar-refractivity contribution < 1.29 is 20.3 Å². The van der Waals surface area contributed by atoms with E-state index >= 15 is 0 Å². The third-order valence-corrected chi connectivity index (χ3v) is 20.0. The number of nitrogens with zero attached hydrogens (tertiary/aromatic N) is 11. The van der Waals surface area contributed by atoms with E-state index in [4.69, 9.17) is 30.9 Å². The second-order valence-electron chi connectivity index (χ2n) is 27.5. The van der Waals surface area contributed by atoms with Crippen LogP contribution < -0.4 is 5.46 Å². The van der Waals surface area contributed by atoms with Gasteiger partial charge in [-0.15, -0.1) is 0 Å². The summed E-state index contributed by atoms with van der Waals surface area (Å²) in [4.78, 5) is 7.88. The fraction of sp³-hybridized carbons (Fsp3) is 0.308. The van der Waals surface area contributed by atoms with E-state index in [0.717, 1.165) is 83.1 Å². The van der Waals surface area contributed by atoms with Crippen LogP contribution in [0.25, 0.3) is 11.1 Å². The monoisotopic (exact) mass is 2060 g/mol. The Bertz CT molecular complexity index is 4860. The van der Waals surface area contributed by atoms with Crippen molar-refractivity contribution in [2.24, 2.45) is 0 Å². The van der Waals surface area contributed by atoms with Gasteiger partial charge in [-0.25, -0.2) is 19.3 Å². The minimum atomic E-state index is -1.46. The van der Waals surface area contributed by atoms with Crippen LogP contribution in [0.1, 0.15) is 178 Å². The zero-order valence-corrected chi connectivity index (χ0v) is 75.6. The summed E-state index contributed by atoms with van der Waals surface area (Å²) in [6, 6.07) is 67.3. The molecule has 0 bridgehead atoms. The van der Waals surface area contributed by atoms with Gasteiger partial charge in [-0.3, -0.25) is 0 Å². The quantitative estimate of drug-likeness (QED) is 0.0619. The Morgan fingerprint density at radius 3 is 0.991 bits per heavy atom. The summed E-state index contributed by atoms with van der Waals surface area (Å²) >= 11 is 27.4. The van der Waals surface area contributed by atoms with Crippen molar-refractivity contribution in [2.75, 3.05) is 0 Å².